The number of ether oxygens (including phenoxy) is 1. The number of carbonyl (C=O) groups excluding carboxylic acids is 1. The van der Waals surface area contributed by atoms with Crippen LogP contribution in [-0.4, -0.2) is 42.4 Å². The van der Waals surface area contributed by atoms with E-state index in [1.54, 1.807) is 6.92 Å². The van der Waals surface area contributed by atoms with Crippen LogP contribution in [0.2, 0.25) is 0 Å². The van der Waals surface area contributed by atoms with E-state index in [0.29, 0.717) is 13.0 Å². The number of nitrogens with two attached hydrogens (primary N) is 1. The molecule has 0 aromatic heterocycles. The Hall–Kier alpha value is -0.650. The van der Waals surface area contributed by atoms with E-state index in [1.165, 1.54) is 0 Å². The van der Waals surface area contributed by atoms with E-state index in [9.17, 15) is 4.79 Å². The van der Waals surface area contributed by atoms with Crippen LogP contribution in [0.1, 0.15) is 32.6 Å². The predicted molar refractivity (Wildman–Crippen MR) is 60.9 cm³/mol. The Balaban J connectivity index is 2.14. The van der Waals surface area contributed by atoms with Crippen molar-refractivity contribution >= 4 is 5.91 Å². The van der Waals surface area contributed by atoms with Crippen molar-refractivity contribution in [2.75, 3.05) is 13.2 Å². The predicted octanol–water partition coefficient (Wildman–Crippen LogP) is -0.230. The van der Waals surface area contributed by atoms with Crippen molar-refractivity contribution in [1.82, 2.24) is 5.32 Å². The Morgan fingerprint density at radius 2 is 2.38 bits per heavy atom. The largest absolute Gasteiger partial charge is 0.392 e. The van der Waals surface area contributed by atoms with E-state index in [-0.39, 0.29) is 12.0 Å². The second kappa shape index (κ2) is 6.83. The summed E-state index contributed by atoms with van der Waals surface area (Å²) in [7, 11) is 0. The Kier molecular flexibility index (Phi) is 5.73. The molecule has 0 aromatic carbocycles. The number of hydrogen-bond acceptors (Lipinski definition) is 4. The number of hydrogen-bond donors (Lipinski definition) is 3. The summed E-state index contributed by atoms with van der Waals surface area (Å²) >= 11 is 0. The van der Waals surface area contributed by atoms with Crippen LogP contribution in [0.25, 0.3) is 0 Å². The van der Waals surface area contributed by atoms with Crippen molar-refractivity contribution in [3.05, 3.63) is 0 Å². The average molecular weight is 230 g/mol. The second-order valence-corrected chi connectivity index (χ2v) is 4.40. The fraction of sp³-hybridized carbons (Fsp3) is 0.909. The van der Waals surface area contributed by atoms with E-state index >= 15 is 0 Å². The molecule has 1 fully saturated rings. The third-order valence-corrected chi connectivity index (χ3v) is 2.84. The maximum Gasteiger partial charge on any atom is 0.222 e. The summed E-state index contributed by atoms with van der Waals surface area (Å²) in [6, 6.07) is -0.406. The molecule has 5 heteroatoms. The zero-order valence-corrected chi connectivity index (χ0v) is 9.82. The fourth-order valence-electron chi connectivity index (χ4n) is 1.65. The van der Waals surface area contributed by atoms with Crippen LogP contribution < -0.4 is 11.1 Å². The normalized spacial score (nSPS) is 24.8. The Labute approximate surface area is 96.3 Å². The molecule has 1 aliphatic heterocycles. The molecule has 0 bridgehead atoms. The summed E-state index contributed by atoms with van der Waals surface area (Å²) in [5.74, 6) is -0.0528. The first-order valence-electron chi connectivity index (χ1n) is 5.91. The average Bonchev–Trinajstić information content (AvgIpc) is 2.27. The standard InChI is InChI=1S/C11H22N2O3/c1-8(14)10(12)7-13-11(15)6-9-4-2-3-5-16-9/h8-10,14H,2-7,12H2,1H3,(H,13,15). The molecule has 1 amide bonds. The van der Waals surface area contributed by atoms with Gasteiger partial charge in [0.1, 0.15) is 0 Å². The summed E-state index contributed by atoms with van der Waals surface area (Å²) in [4.78, 5) is 11.5. The molecule has 0 radical (unpaired) electrons. The highest BCUT2D eigenvalue weighted by atomic mass is 16.5. The van der Waals surface area contributed by atoms with Gasteiger partial charge in [0.15, 0.2) is 0 Å². The van der Waals surface area contributed by atoms with Crippen molar-refractivity contribution in [2.24, 2.45) is 5.73 Å². The van der Waals surface area contributed by atoms with Gasteiger partial charge in [-0.1, -0.05) is 0 Å². The first-order valence-corrected chi connectivity index (χ1v) is 5.91. The number of rotatable bonds is 5. The van der Waals surface area contributed by atoms with E-state index < -0.39 is 12.1 Å². The fourth-order valence-corrected chi connectivity index (χ4v) is 1.65. The van der Waals surface area contributed by atoms with Crippen LogP contribution in [0.15, 0.2) is 0 Å². The van der Waals surface area contributed by atoms with Gasteiger partial charge in [0.25, 0.3) is 0 Å². The van der Waals surface area contributed by atoms with Gasteiger partial charge >= 0.3 is 0 Å². The van der Waals surface area contributed by atoms with E-state index in [1.807, 2.05) is 0 Å². The lowest BCUT2D eigenvalue weighted by atomic mass is 10.1. The minimum atomic E-state index is -0.605. The molecule has 16 heavy (non-hydrogen) atoms. The van der Waals surface area contributed by atoms with Gasteiger partial charge in [-0.15, -0.1) is 0 Å². The van der Waals surface area contributed by atoms with Crippen molar-refractivity contribution in [1.29, 1.82) is 0 Å². The Bertz CT molecular complexity index is 215. The van der Waals surface area contributed by atoms with Crippen LogP contribution in [0.3, 0.4) is 0 Å². The molecular formula is C11H22N2O3. The topological polar surface area (TPSA) is 84.6 Å². The Morgan fingerprint density at radius 1 is 1.62 bits per heavy atom. The molecule has 0 spiro atoms. The molecule has 1 aliphatic rings. The summed E-state index contributed by atoms with van der Waals surface area (Å²) in [6.45, 7) is 2.68. The third-order valence-electron chi connectivity index (χ3n) is 2.84. The van der Waals surface area contributed by atoms with Crippen LogP contribution in [0.5, 0.6) is 0 Å². The molecule has 0 aliphatic carbocycles. The monoisotopic (exact) mass is 230 g/mol. The summed E-state index contributed by atoms with van der Waals surface area (Å²) in [5, 5.41) is 11.9. The van der Waals surface area contributed by atoms with E-state index in [4.69, 9.17) is 15.6 Å². The lowest BCUT2D eigenvalue weighted by Crippen LogP contribution is -2.44. The van der Waals surface area contributed by atoms with Gasteiger partial charge < -0.3 is 20.9 Å². The first-order chi connectivity index (χ1) is 7.59. The molecule has 1 rings (SSSR count). The molecule has 0 saturated carbocycles. The van der Waals surface area contributed by atoms with Crippen LogP contribution in [-0.2, 0) is 9.53 Å². The number of aliphatic hydroxyl groups excluding tert-OH is 1. The zero-order chi connectivity index (χ0) is 12.0. The zero-order valence-electron chi connectivity index (χ0n) is 9.82. The third kappa shape index (κ3) is 4.92. The van der Waals surface area contributed by atoms with E-state index in [0.717, 1.165) is 25.9 Å². The highest BCUT2D eigenvalue weighted by Crippen LogP contribution is 2.15. The molecule has 5 nitrogen and oxygen atoms in total. The molecule has 94 valence electrons. The van der Waals surface area contributed by atoms with Gasteiger partial charge in [0, 0.05) is 19.2 Å². The SMILES string of the molecule is CC(O)C(N)CNC(=O)CC1CCCCO1. The van der Waals surface area contributed by atoms with Gasteiger partial charge in [-0.25, -0.2) is 0 Å². The van der Waals surface area contributed by atoms with Gasteiger partial charge in [-0.3, -0.25) is 4.79 Å². The summed E-state index contributed by atoms with van der Waals surface area (Å²) < 4.78 is 5.46. The number of aliphatic hydroxyl groups is 1. The maximum atomic E-state index is 11.5. The minimum Gasteiger partial charge on any atom is -0.392 e. The van der Waals surface area contributed by atoms with Crippen molar-refractivity contribution < 1.29 is 14.6 Å². The maximum absolute atomic E-state index is 11.5. The number of nitrogens with one attached hydrogen (secondary N) is 1. The highest BCUT2D eigenvalue weighted by molar-refractivity contribution is 5.76. The highest BCUT2D eigenvalue weighted by Gasteiger charge is 2.18. The number of amides is 1. The summed E-state index contributed by atoms with van der Waals surface area (Å²) in [5.41, 5.74) is 5.60. The smallest absolute Gasteiger partial charge is 0.222 e. The number of carbonyl (C=O) groups is 1. The molecule has 1 saturated heterocycles. The van der Waals surface area contributed by atoms with Gasteiger partial charge in [-0.2, -0.15) is 0 Å². The van der Waals surface area contributed by atoms with Crippen molar-refractivity contribution in [2.45, 2.75) is 50.9 Å². The minimum absolute atomic E-state index is 0.0523. The van der Waals surface area contributed by atoms with Crippen molar-refractivity contribution in [3.63, 3.8) is 0 Å². The molecule has 4 N–H and O–H groups in total. The lowest BCUT2D eigenvalue weighted by molar-refractivity contribution is -0.125. The van der Waals surface area contributed by atoms with E-state index in [2.05, 4.69) is 5.32 Å². The quantitative estimate of drug-likeness (QED) is 0.609. The van der Waals surface area contributed by atoms with Gasteiger partial charge in [0.05, 0.1) is 18.6 Å². The van der Waals surface area contributed by atoms with Crippen molar-refractivity contribution in [3.8, 4) is 0 Å². The summed E-state index contributed by atoms with van der Waals surface area (Å²) in [6.07, 6.45) is 3.02. The molecule has 3 unspecified atom stereocenters. The van der Waals surface area contributed by atoms with Crippen LogP contribution in [0.4, 0.5) is 0 Å². The molecular weight excluding hydrogens is 208 g/mol. The van der Waals surface area contributed by atoms with Gasteiger partial charge in [0.2, 0.25) is 5.91 Å². The molecule has 1 heterocycles. The van der Waals surface area contributed by atoms with Crippen LogP contribution >= 0.6 is 0 Å². The van der Waals surface area contributed by atoms with Crippen LogP contribution in [0, 0.1) is 0 Å². The Morgan fingerprint density at radius 3 is 2.94 bits per heavy atom. The van der Waals surface area contributed by atoms with Gasteiger partial charge in [-0.05, 0) is 26.2 Å². The molecule has 0 aromatic rings. The second-order valence-electron chi connectivity index (χ2n) is 4.40. The lowest BCUT2D eigenvalue weighted by Gasteiger charge is -2.22. The first kappa shape index (κ1) is 13.4. The molecule has 3 atom stereocenters.